The molecule has 0 saturated heterocycles. The van der Waals surface area contributed by atoms with Crippen molar-refractivity contribution in [2.75, 3.05) is 12.3 Å². The predicted molar refractivity (Wildman–Crippen MR) is 132 cm³/mol. The zero-order valence-corrected chi connectivity index (χ0v) is 19.4. The van der Waals surface area contributed by atoms with Crippen LogP contribution in [0.4, 0.5) is 5.69 Å². The molecule has 0 aliphatic rings. The van der Waals surface area contributed by atoms with E-state index in [4.69, 9.17) is 28.9 Å². The smallest absolute Gasteiger partial charge is 0.251 e. The molecule has 170 valence electrons. The van der Waals surface area contributed by atoms with Crippen LogP contribution in [0.1, 0.15) is 55.8 Å². The number of nitrogens with one attached hydrogen (secondary N) is 2. The fraction of sp³-hybridized carbons (Fsp3) is 0.333. The third-order valence-corrected chi connectivity index (χ3v) is 6.05. The van der Waals surface area contributed by atoms with Gasteiger partial charge in [-0.25, -0.2) is 0 Å². The number of fused-ring (bicyclic) bond motifs is 1. The molecule has 0 unspecified atom stereocenters. The molecular formula is C24H27Cl2N3O3. The molecule has 1 amide bonds. The zero-order valence-electron chi connectivity index (χ0n) is 17.9. The Hall–Kier alpha value is -2.70. The molecule has 0 fully saturated rings. The van der Waals surface area contributed by atoms with Crippen LogP contribution >= 0.6 is 23.2 Å². The number of halogens is 2. The molecule has 0 radical (unpaired) electrons. The van der Waals surface area contributed by atoms with Gasteiger partial charge in [0.1, 0.15) is 0 Å². The minimum Gasteiger partial charge on any atom is -0.503 e. The average molecular weight is 476 g/mol. The maximum Gasteiger partial charge on any atom is 0.251 e. The van der Waals surface area contributed by atoms with Gasteiger partial charge < -0.3 is 21.1 Å². The largest absolute Gasteiger partial charge is 0.503 e. The van der Waals surface area contributed by atoms with Crippen molar-refractivity contribution in [2.24, 2.45) is 0 Å². The minimum atomic E-state index is -0.558. The monoisotopic (exact) mass is 475 g/mol. The molecular weight excluding hydrogens is 449 g/mol. The number of hydrogen-bond acceptors (Lipinski definition) is 4. The first-order chi connectivity index (χ1) is 15.3. The molecule has 1 heterocycles. The van der Waals surface area contributed by atoms with Crippen LogP contribution in [-0.2, 0) is 0 Å². The molecule has 0 spiro atoms. The molecule has 6 nitrogen and oxygen atoms in total. The highest BCUT2D eigenvalue weighted by molar-refractivity contribution is 6.39. The highest BCUT2D eigenvalue weighted by atomic mass is 35.5. The maximum absolute atomic E-state index is 12.7. The Morgan fingerprint density at radius 1 is 1.06 bits per heavy atom. The Bertz CT molecular complexity index is 1170. The molecule has 5 N–H and O–H groups in total. The van der Waals surface area contributed by atoms with Crippen molar-refractivity contribution in [2.45, 2.75) is 45.4 Å². The van der Waals surface area contributed by atoms with Crippen LogP contribution in [0.25, 0.3) is 22.2 Å². The van der Waals surface area contributed by atoms with Crippen molar-refractivity contribution in [1.82, 2.24) is 10.3 Å². The lowest BCUT2D eigenvalue weighted by Gasteiger charge is -2.11. The summed E-state index contributed by atoms with van der Waals surface area (Å²) in [5.41, 5.74) is 6.82. The van der Waals surface area contributed by atoms with Crippen LogP contribution < -0.4 is 16.5 Å². The van der Waals surface area contributed by atoms with E-state index in [0.29, 0.717) is 23.2 Å². The summed E-state index contributed by atoms with van der Waals surface area (Å²) < 4.78 is 0. The van der Waals surface area contributed by atoms with Gasteiger partial charge in [0, 0.05) is 23.1 Å². The number of amides is 1. The third-order valence-electron chi connectivity index (χ3n) is 5.42. The van der Waals surface area contributed by atoms with Gasteiger partial charge in [-0.2, -0.15) is 0 Å². The number of hydrogen-bond donors (Lipinski definition) is 4. The van der Waals surface area contributed by atoms with Gasteiger partial charge >= 0.3 is 0 Å². The molecule has 3 aromatic rings. The third kappa shape index (κ3) is 5.37. The summed E-state index contributed by atoms with van der Waals surface area (Å²) in [4.78, 5) is 28.3. The van der Waals surface area contributed by atoms with Gasteiger partial charge in [0.05, 0.1) is 26.9 Å². The number of anilines is 1. The second kappa shape index (κ2) is 10.7. The van der Waals surface area contributed by atoms with Gasteiger partial charge in [0.2, 0.25) is 5.43 Å². The summed E-state index contributed by atoms with van der Waals surface area (Å²) in [6, 6.07) is 7.72. The predicted octanol–water partition coefficient (Wildman–Crippen LogP) is 5.88. The van der Waals surface area contributed by atoms with Crippen LogP contribution in [0.15, 0.2) is 35.1 Å². The molecule has 0 saturated carbocycles. The van der Waals surface area contributed by atoms with Crippen LogP contribution in [0, 0.1) is 0 Å². The minimum absolute atomic E-state index is 0.149. The Kier molecular flexibility index (Phi) is 8.04. The maximum atomic E-state index is 12.7. The number of unbranched alkanes of at least 4 members (excludes halogenated alkanes) is 5. The van der Waals surface area contributed by atoms with Gasteiger partial charge in [-0.15, -0.1) is 0 Å². The van der Waals surface area contributed by atoms with Gasteiger partial charge in [-0.3, -0.25) is 9.59 Å². The molecule has 3 rings (SSSR count). The highest BCUT2D eigenvalue weighted by Gasteiger charge is 2.16. The van der Waals surface area contributed by atoms with Gasteiger partial charge in [-0.05, 0) is 36.8 Å². The summed E-state index contributed by atoms with van der Waals surface area (Å²) in [5, 5.41) is 14.1. The van der Waals surface area contributed by atoms with E-state index in [1.807, 2.05) is 0 Å². The Morgan fingerprint density at radius 3 is 2.41 bits per heavy atom. The fourth-order valence-electron chi connectivity index (χ4n) is 3.57. The van der Waals surface area contributed by atoms with Crippen molar-refractivity contribution >= 4 is 45.7 Å². The number of carbonyl (C=O) groups excluding carboxylic acids is 1. The van der Waals surface area contributed by atoms with Crippen molar-refractivity contribution in [3.8, 4) is 17.0 Å². The van der Waals surface area contributed by atoms with Crippen molar-refractivity contribution in [3.05, 3.63) is 56.2 Å². The van der Waals surface area contributed by atoms with E-state index in [-0.39, 0.29) is 32.7 Å². The SMILES string of the molecule is CCCCCCCCNC(=O)c1ccc2c(=O)c(O)c(-c3cc(Cl)c(N)c(Cl)c3)[nH]c2c1. The lowest BCUT2D eigenvalue weighted by atomic mass is 10.1. The number of rotatable bonds is 9. The van der Waals surface area contributed by atoms with E-state index in [2.05, 4.69) is 17.2 Å². The van der Waals surface area contributed by atoms with Crippen LogP contribution in [-0.4, -0.2) is 22.5 Å². The highest BCUT2D eigenvalue weighted by Crippen LogP contribution is 2.35. The van der Waals surface area contributed by atoms with Gasteiger partial charge in [0.15, 0.2) is 5.75 Å². The molecule has 2 aromatic carbocycles. The van der Waals surface area contributed by atoms with E-state index < -0.39 is 11.2 Å². The molecule has 8 heteroatoms. The first kappa shape index (κ1) is 24.0. The Labute approximate surface area is 196 Å². The first-order valence-electron chi connectivity index (χ1n) is 10.8. The van der Waals surface area contributed by atoms with E-state index >= 15 is 0 Å². The van der Waals surface area contributed by atoms with E-state index in [0.717, 1.165) is 12.8 Å². The number of benzene rings is 2. The number of carbonyl (C=O) groups is 1. The summed E-state index contributed by atoms with van der Waals surface area (Å²) in [6.07, 6.45) is 6.86. The standard InChI is InChI=1S/C24H27Cl2N3O3/c1-2-3-4-5-6-7-10-28-24(32)14-8-9-16-19(13-14)29-21(23(31)22(16)30)15-11-17(25)20(27)18(26)12-15/h8-9,11-13,31H,2-7,10,27H2,1H3,(H,28,32)(H,29,30). The number of H-pyrrole nitrogens is 1. The number of nitrogens with two attached hydrogens (primary N) is 1. The van der Waals surface area contributed by atoms with Crippen molar-refractivity contribution in [1.29, 1.82) is 0 Å². The summed E-state index contributed by atoms with van der Waals surface area (Å²) in [5.74, 6) is -0.677. The lowest BCUT2D eigenvalue weighted by Crippen LogP contribution is -2.24. The number of pyridine rings is 1. The molecule has 32 heavy (non-hydrogen) atoms. The van der Waals surface area contributed by atoms with Gasteiger partial charge in [0.25, 0.3) is 5.91 Å². The van der Waals surface area contributed by atoms with Crippen LogP contribution in [0.5, 0.6) is 5.75 Å². The summed E-state index contributed by atoms with van der Waals surface area (Å²) in [6.45, 7) is 2.78. The number of aromatic hydroxyl groups is 1. The van der Waals surface area contributed by atoms with Gasteiger partial charge in [-0.1, -0.05) is 62.2 Å². The normalized spacial score (nSPS) is 11.1. The molecule has 1 aromatic heterocycles. The quantitative estimate of drug-likeness (QED) is 0.228. The van der Waals surface area contributed by atoms with E-state index in [1.54, 1.807) is 12.1 Å². The molecule has 0 atom stereocenters. The first-order valence-corrected chi connectivity index (χ1v) is 11.5. The number of aromatic nitrogens is 1. The number of nitrogen functional groups attached to an aromatic ring is 1. The second-order valence-electron chi connectivity index (χ2n) is 7.82. The lowest BCUT2D eigenvalue weighted by molar-refractivity contribution is 0.0953. The molecule has 0 bridgehead atoms. The fourth-order valence-corrected chi connectivity index (χ4v) is 4.06. The summed E-state index contributed by atoms with van der Waals surface area (Å²) >= 11 is 12.2. The van der Waals surface area contributed by atoms with E-state index in [9.17, 15) is 14.7 Å². The molecule has 0 aliphatic heterocycles. The van der Waals surface area contributed by atoms with Crippen LogP contribution in [0.3, 0.4) is 0 Å². The topological polar surface area (TPSA) is 108 Å². The van der Waals surface area contributed by atoms with Crippen LogP contribution in [0.2, 0.25) is 10.0 Å². The van der Waals surface area contributed by atoms with Crippen molar-refractivity contribution in [3.63, 3.8) is 0 Å². The zero-order chi connectivity index (χ0) is 23.3. The average Bonchev–Trinajstić information content (AvgIpc) is 2.78. The second-order valence-corrected chi connectivity index (χ2v) is 8.63. The number of aromatic amines is 1. The van der Waals surface area contributed by atoms with E-state index in [1.165, 1.54) is 43.9 Å². The summed E-state index contributed by atoms with van der Waals surface area (Å²) in [7, 11) is 0. The molecule has 0 aliphatic carbocycles. The van der Waals surface area contributed by atoms with Crippen molar-refractivity contribution < 1.29 is 9.90 Å². The Morgan fingerprint density at radius 2 is 1.72 bits per heavy atom. The Balaban J connectivity index is 1.83.